The number of benzene rings is 2. The van der Waals surface area contributed by atoms with Gasteiger partial charge in [0.25, 0.3) is 0 Å². The maximum absolute atomic E-state index is 12.6. The highest BCUT2D eigenvalue weighted by Crippen LogP contribution is 2.24. The van der Waals surface area contributed by atoms with Crippen LogP contribution in [0.1, 0.15) is 32.8 Å². The third-order valence-corrected chi connectivity index (χ3v) is 3.53. The second kappa shape index (κ2) is 4.64. The van der Waals surface area contributed by atoms with Gasteiger partial charge in [0.15, 0.2) is 5.76 Å². The maximum Gasteiger partial charge on any atom is 0.228 e. The molecule has 2 nitrogen and oxygen atoms in total. The summed E-state index contributed by atoms with van der Waals surface area (Å²) in [6.07, 6.45) is 0. The molecular formula is C18H16O2. The summed E-state index contributed by atoms with van der Waals surface area (Å²) >= 11 is 0. The predicted octanol–water partition coefficient (Wildman–Crippen LogP) is 4.59. The number of hydrogen-bond donors (Lipinski definition) is 0. The molecule has 0 N–H and O–H groups in total. The van der Waals surface area contributed by atoms with Crippen molar-refractivity contribution in [3.8, 4) is 0 Å². The van der Waals surface area contributed by atoms with Crippen molar-refractivity contribution in [3.63, 3.8) is 0 Å². The van der Waals surface area contributed by atoms with Gasteiger partial charge >= 0.3 is 0 Å². The van der Waals surface area contributed by atoms with Crippen molar-refractivity contribution in [2.45, 2.75) is 20.8 Å². The van der Waals surface area contributed by atoms with Gasteiger partial charge in [0, 0.05) is 10.9 Å². The molecule has 0 amide bonds. The molecule has 0 fully saturated rings. The molecule has 0 bridgehead atoms. The molecule has 1 aromatic heterocycles. The number of carbonyl (C=O) groups excluding carboxylic acids is 1. The molecule has 0 unspecified atom stereocenters. The number of fused-ring (bicyclic) bond motifs is 1. The highest BCUT2D eigenvalue weighted by Gasteiger charge is 2.16. The summed E-state index contributed by atoms with van der Waals surface area (Å²) in [5, 5.41) is 0.971. The van der Waals surface area contributed by atoms with Crippen LogP contribution in [0.25, 0.3) is 11.0 Å². The smallest absolute Gasteiger partial charge is 0.228 e. The summed E-state index contributed by atoms with van der Waals surface area (Å²) in [6.45, 7) is 5.95. The lowest BCUT2D eigenvalue weighted by Crippen LogP contribution is -2.02. The van der Waals surface area contributed by atoms with E-state index in [0.717, 1.165) is 27.7 Å². The summed E-state index contributed by atoms with van der Waals surface area (Å²) in [6, 6.07) is 13.6. The molecule has 0 aliphatic carbocycles. The van der Waals surface area contributed by atoms with E-state index in [2.05, 4.69) is 0 Å². The lowest BCUT2D eigenvalue weighted by molar-refractivity contribution is 0.101. The first-order valence-electron chi connectivity index (χ1n) is 6.67. The van der Waals surface area contributed by atoms with Crippen LogP contribution in [0.2, 0.25) is 0 Å². The molecule has 20 heavy (non-hydrogen) atoms. The Bertz CT molecular complexity index is 809. The van der Waals surface area contributed by atoms with Crippen molar-refractivity contribution in [3.05, 3.63) is 70.5 Å². The van der Waals surface area contributed by atoms with Crippen LogP contribution in [0.4, 0.5) is 0 Å². The standard InChI is InChI=1S/C18H16O2/c1-11-5-7-16-14(8-11)10-17(20-16)18(19)15-9-12(2)4-6-13(15)3/h4-10H,1-3H3. The fraction of sp³-hybridized carbons (Fsp3) is 0.167. The second-order valence-electron chi connectivity index (χ2n) is 5.30. The zero-order valence-electron chi connectivity index (χ0n) is 11.9. The number of rotatable bonds is 2. The van der Waals surface area contributed by atoms with Crippen molar-refractivity contribution in [1.29, 1.82) is 0 Å². The largest absolute Gasteiger partial charge is 0.453 e. The highest BCUT2D eigenvalue weighted by atomic mass is 16.3. The topological polar surface area (TPSA) is 30.2 Å². The molecule has 0 spiro atoms. The number of hydrogen-bond acceptors (Lipinski definition) is 2. The summed E-state index contributed by atoms with van der Waals surface area (Å²) < 4.78 is 5.68. The Morgan fingerprint density at radius 1 is 0.900 bits per heavy atom. The molecule has 0 atom stereocenters. The van der Waals surface area contributed by atoms with E-state index in [-0.39, 0.29) is 5.78 Å². The Hall–Kier alpha value is -2.35. The minimum absolute atomic E-state index is 0.0555. The van der Waals surface area contributed by atoms with E-state index in [4.69, 9.17) is 4.42 Å². The molecule has 0 saturated heterocycles. The minimum Gasteiger partial charge on any atom is -0.453 e. The Labute approximate surface area is 118 Å². The van der Waals surface area contributed by atoms with Crippen LogP contribution in [-0.4, -0.2) is 5.78 Å². The predicted molar refractivity (Wildman–Crippen MR) is 80.3 cm³/mol. The molecule has 100 valence electrons. The highest BCUT2D eigenvalue weighted by molar-refractivity contribution is 6.09. The molecule has 1 heterocycles. The molecule has 0 aliphatic rings. The Balaban J connectivity index is 2.10. The number of ketones is 1. The third-order valence-electron chi connectivity index (χ3n) is 3.53. The Morgan fingerprint density at radius 2 is 1.60 bits per heavy atom. The van der Waals surface area contributed by atoms with E-state index >= 15 is 0 Å². The second-order valence-corrected chi connectivity index (χ2v) is 5.30. The average molecular weight is 264 g/mol. The Morgan fingerprint density at radius 3 is 2.40 bits per heavy atom. The van der Waals surface area contributed by atoms with Crippen LogP contribution in [0, 0.1) is 20.8 Å². The van der Waals surface area contributed by atoms with Gasteiger partial charge in [0.2, 0.25) is 5.78 Å². The van der Waals surface area contributed by atoms with E-state index in [9.17, 15) is 4.79 Å². The maximum atomic E-state index is 12.6. The van der Waals surface area contributed by atoms with Gasteiger partial charge in [-0.1, -0.05) is 29.3 Å². The van der Waals surface area contributed by atoms with Crippen LogP contribution in [0.3, 0.4) is 0 Å². The zero-order valence-corrected chi connectivity index (χ0v) is 11.9. The van der Waals surface area contributed by atoms with Gasteiger partial charge in [-0.15, -0.1) is 0 Å². The summed E-state index contributed by atoms with van der Waals surface area (Å²) in [7, 11) is 0. The molecular weight excluding hydrogens is 248 g/mol. The summed E-state index contributed by atoms with van der Waals surface area (Å²) in [5.74, 6) is 0.347. The third kappa shape index (κ3) is 2.14. The lowest BCUT2D eigenvalue weighted by atomic mass is 10.0. The van der Waals surface area contributed by atoms with Gasteiger partial charge in [-0.05, 0) is 50.6 Å². The summed E-state index contributed by atoms with van der Waals surface area (Å²) in [4.78, 5) is 12.6. The van der Waals surface area contributed by atoms with Crippen LogP contribution >= 0.6 is 0 Å². The first kappa shape index (κ1) is 12.7. The van der Waals surface area contributed by atoms with E-state index in [1.54, 1.807) is 0 Å². The monoisotopic (exact) mass is 264 g/mol. The molecule has 2 aromatic carbocycles. The molecule has 3 aromatic rings. The van der Waals surface area contributed by atoms with E-state index in [0.29, 0.717) is 11.3 Å². The van der Waals surface area contributed by atoms with Crippen molar-refractivity contribution in [2.75, 3.05) is 0 Å². The summed E-state index contributed by atoms with van der Waals surface area (Å²) in [5.41, 5.74) is 4.66. The normalized spacial score (nSPS) is 10.9. The van der Waals surface area contributed by atoms with Gasteiger partial charge in [0.05, 0.1) is 0 Å². The van der Waals surface area contributed by atoms with Gasteiger partial charge in [0.1, 0.15) is 5.58 Å². The first-order valence-corrected chi connectivity index (χ1v) is 6.67. The molecule has 0 radical (unpaired) electrons. The molecule has 2 heteroatoms. The van der Waals surface area contributed by atoms with Crippen molar-refractivity contribution in [2.24, 2.45) is 0 Å². The van der Waals surface area contributed by atoms with Gasteiger partial charge < -0.3 is 4.42 Å². The van der Waals surface area contributed by atoms with Crippen LogP contribution in [0.15, 0.2) is 46.9 Å². The van der Waals surface area contributed by atoms with Gasteiger partial charge in [-0.25, -0.2) is 0 Å². The number of aryl methyl sites for hydroxylation is 3. The van der Waals surface area contributed by atoms with Crippen molar-refractivity contribution < 1.29 is 9.21 Å². The molecule has 3 rings (SSSR count). The van der Waals surface area contributed by atoms with Crippen LogP contribution in [-0.2, 0) is 0 Å². The first-order chi connectivity index (χ1) is 9.54. The van der Waals surface area contributed by atoms with E-state index in [1.807, 2.05) is 63.2 Å². The molecule has 0 aliphatic heterocycles. The van der Waals surface area contributed by atoms with Crippen LogP contribution < -0.4 is 0 Å². The number of carbonyl (C=O) groups is 1. The number of furan rings is 1. The van der Waals surface area contributed by atoms with Crippen LogP contribution in [0.5, 0.6) is 0 Å². The van der Waals surface area contributed by atoms with E-state index in [1.165, 1.54) is 0 Å². The van der Waals surface area contributed by atoms with Gasteiger partial charge in [-0.2, -0.15) is 0 Å². The van der Waals surface area contributed by atoms with E-state index < -0.39 is 0 Å². The fourth-order valence-electron chi connectivity index (χ4n) is 2.39. The quantitative estimate of drug-likeness (QED) is 0.634. The minimum atomic E-state index is -0.0555. The van der Waals surface area contributed by atoms with Gasteiger partial charge in [-0.3, -0.25) is 4.79 Å². The molecule has 0 saturated carbocycles. The SMILES string of the molecule is Cc1ccc(C)c(C(=O)c2cc3cc(C)ccc3o2)c1. The Kier molecular flexibility index (Phi) is 2.94. The van der Waals surface area contributed by atoms with Crippen molar-refractivity contribution in [1.82, 2.24) is 0 Å². The fourth-order valence-corrected chi connectivity index (χ4v) is 2.39. The average Bonchev–Trinajstić information content (AvgIpc) is 2.83. The lowest BCUT2D eigenvalue weighted by Gasteiger charge is -2.03. The van der Waals surface area contributed by atoms with Crippen molar-refractivity contribution >= 4 is 16.8 Å². The zero-order chi connectivity index (χ0) is 14.3.